The third-order valence-corrected chi connectivity index (χ3v) is 5.26. The number of pyridine rings is 2. The highest BCUT2D eigenvalue weighted by Gasteiger charge is 2.13. The Morgan fingerprint density at radius 2 is 1.86 bits per heavy atom. The Morgan fingerprint density at radius 3 is 2.51 bits per heavy atom. The van der Waals surface area contributed by atoms with Crippen molar-refractivity contribution in [1.29, 1.82) is 0 Å². The molecule has 0 spiro atoms. The molecule has 0 saturated heterocycles. The molecule has 3 heterocycles. The predicted molar refractivity (Wildman–Crippen MR) is 130 cm³/mol. The standard InChI is InChI=1S/C24H20ClN5O5/c1-2-29-22(31)12-20(30(24(29)34)14-15-6-8-16(25)9-7-15)28-19-11-10-17(13-26-19)35-21-5-3-4-18(27-21)23(32)33/h3-13H,2,14H2,1H3,(H,26,28)(H,32,33). The lowest BCUT2D eigenvalue weighted by Crippen LogP contribution is -2.40. The maximum Gasteiger partial charge on any atom is 0.354 e. The van der Waals surface area contributed by atoms with E-state index in [0.717, 1.165) is 10.1 Å². The minimum absolute atomic E-state index is 0.104. The van der Waals surface area contributed by atoms with Gasteiger partial charge in [0, 0.05) is 23.7 Å². The average molecular weight is 494 g/mol. The summed E-state index contributed by atoms with van der Waals surface area (Å²) in [5, 5.41) is 12.7. The first-order valence-electron chi connectivity index (χ1n) is 10.5. The highest BCUT2D eigenvalue weighted by atomic mass is 35.5. The molecule has 11 heteroatoms. The van der Waals surface area contributed by atoms with Crippen LogP contribution in [0.25, 0.3) is 0 Å². The van der Waals surface area contributed by atoms with E-state index < -0.39 is 17.2 Å². The molecule has 0 aliphatic heterocycles. The largest absolute Gasteiger partial charge is 0.477 e. The number of carbonyl (C=O) groups is 1. The van der Waals surface area contributed by atoms with Crippen molar-refractivity contribution in [3.63, 3.8) is 0 Å². The summed E-state index contributed by atoms with van der Waals surface area (Å²) in [5.74, 6) is -0.0974. The van der Waals surface area contributed by atoms with Gasteiger partial charge in [0.1, 0.15) is 17.4 Å². The third-order valence-electron chi connectivity index (χ3n) is 5.01. The summed E-state index contributed by atoms with van der Waals surface area (Å²) >= 11 is 5.96. The Labute approximate surface area is 204 Å². The van der Waals surface area contributed by atoms with E-state index in [0.29, 0.717) is 16.6 Å². The summed E-state index contributed by atoms with van der Waals surface area (Å²) < 4.78 is 8.16. The molecule has 4 rings (SSSR count). The number of nitrogens with one attached hydrogen (secondary N) is 1. The molecular weight excluding hydrogens is 474 g/mol. The van der Waals surface area contributed by atoms with Crippen LogP contribution in [0.4, 0.5) is 11.6 Å². The lowest BCUT2D eigenvalue weighted by molar-refractivity contribution is 0.0689. The van der Waals surface area contributed by atoms with Gasteiger partial charge >= 0.3 is 11.7 Å². The maximum absolute atomic E-state index is 13.0. The van der Waals surface area contributed by atoms with Crippen LogP contribution in [0.3, 0.4) is 0 Å². The van der Waals surface area contributed by atoms with Crippen LogP contribution in [0, 0.1) is 0 Å². The molecule has 4 aromatic rings. The lowest BCUT2D eigenvalue weighted by Gasteiger charge is -2.16. The van der Waals surface area contributed by atoms with E-state index in [2.05, 4.69) is 15.3 Å². The van der Waals surface area contributed by atoms with Crippen molar-refractivity contribution in [3.8, 4) is 11.6 Å². The van der Waals surface area contributed by atoms with Crippen molar-refractivity contribution in [2.45, 2.75) is 20.0 Å². The normalized spacial score (nSPS) is 10.7. The number of hydrogen-bond acceptors (Lipinski definition) is 7. The Kier molecular flexibility index (Phi) is 6.93. The van der Waals surface area contributed by atoms with E-state index in [1.165, 1.54) is 35.0 Å². The maximum atomic E-state index is 13.0. The summed E-state index contributed by atoms with van der Waals surface area (Å²) in [7, 11) is 0. The van der Waals surface area contributed by atoms with Gasteiger partial charge in [0.25, 0.3) is 5.56 Å². The number of rotatable bonds is 8. The van der Waals surface area contributed by atoms with Crippen LogP contribution in [-0.2, 0) is 13.1 Å². The van der Waals surface area contributed by atoms with Gasteiger partial charge in [0.15, 0.2) is 5.69 Å². The Hall–Kier alpha value is -4.44. The van der Waals surface area contributed by atoms with Crippen LogP contribution < -0.4 is 21.3 Å². The molecule has 0 aliphatic rings. The van der Waals surface area contributed by atoms with Crippen molar-refractivity contribution < 1.29 is 14.6 Å². The monoisotopic (exact) mass is 493 g/mol. The minimum atomic E-state index is -1.16. The van der Waals surface area contributed by atoms with Gasteiger partial charge in [-0.3, -0.25) is 13.9 Å². The van der Waals surface area contributed by atoms with Gasteiger partial charge in [-0.05, 0) is 42.8 Å². The second-order valence-corrected chi connectivity index (χ2v) is 7.82. The SMILES string of the molecule is CCn1c(=O)cc(Nc2ccc(Oc3cccc(C(=O)O)n3)cn2)n(Cc2ccc(Cl)cc2)c1=O. The van der Waals surface area contributed by atoms with Crippen molar-refractivity contribution >= 4 is 29.2 Å². The van der Waals surface area contributed by atoms with Gasteiger partial charge in [-0.1, -0.05) is 29.8 Å². The molecule has 2 N–H and O–H groups in total. The van der Waals surface area contributed by atoms with Gasteiger partial charge in [0.2, 0.25) is 5.88 Å². The topological polar surface area (TPSA) is 128 Å². The fraction of sp³-hybridized carbons (Fsp3) is 0.125. The molecule has 0 atom stereocenters. The van der Waals surface area contributed by atoms with Gasteiger partial charge < -0.3 is 15.2 Å². The minimum Gasteiger partial charge on any atom is -0.477 e. The third kappa shape index (κ3) is 5.56. The van der Waals surface area contributed by atoms with Crippen molar-refractivity contribution in [2.75, 3.05) is 5.32 Å². The number of ether oxygens (including phenoxy) is 1. The number of hydrogen-bond donors (Lipinski definition) is 2. The van der Waals surface area contributed by atoms with Crippen molar-refractivity contribution in [2.24, 2.45) is 0 Å². The van der Waals surface area contributed by atoms with Crippen LogP contribution in [0.2, 0.25) is 5.02 Å². The Bertz CT molecular complexity index is 1480. The number of aromatic carboxylic acids is 1. The molecular formula is C24H20ClN5O5. The molecule has 178 valence electrons. The molecule has 0 aliphatic carbocycles. The molecule has 0 unspecified atom stereocenters. The van der Waals surface area contributed by atoms with E-state index >= 15 is 0 Å². The number of anilines is 2. The summed E-state index contributed by atoms with van der Waals surface area (Å²) in [6.45, 7) is 2.18. The van der Waals surface area contributed by atoms with Crippen LogP contribution in [0.1, 0.15) is 23.0 Å². The zero-order chi connectivity index (χ0) is 24.9. The summed E-state index contributed by atoms with van der Waals surface area (Å²) in [4.78, 5) is 44.7. The van der Waals surface area contributed by atoms with Gasteiger partial charge in [-0.2, -0.15) is 0 Å². The first-order chi connectivity index (χ1) is 16.8. The zero-order valence-corrected chi connectivity index (χ0v) is 19.3. The zero-order valence-electron chi connectivity index (χ0n) is 18.5. The number of halogens is 1. The van der Waals surface area contributed by atoms with E-state index in [1.807, 2.05) is 0 Å². The Balaban J connectivity index is 1.60. The van der Waals surface area contributed by atoms with Gasteiger partial charge in [-0.15, -0.1) is 0 Å². The molecule has 0 bridgehead atoms. The average Bonchev–Trinajstić information content (AvgIpc) is 2.84. The van der Waals surface area contributed by atoms with Crippen LogP contribution in [-0.4, -0.2) is 30.2 Å². The number of nitrogens with zero attached hydrogens (tertiary/aromatic N) is 4. The smallest absolute Gasteiger partial charge is 0.354 e. The van der Waals surface area contributed by atoms with E-state index in [-0.39, 0.29) is 30.5 Å². The summed E-state index contributed by atoms with van der Waals surface area (Å²) in [5.41, 5.74) is -0.207. The first kappa shape index (κ1) is 23.7. The number of carboxylic acids is 1. The first-order valence-corrected chi connectivity index (χ1v) is 10.9. The second-order valence-electron chi connectivity index (χ2n) is 7.38. The predicted octanol–water partition coefficient (Wildman–Crippen LogP) is 3.76. The molecule has 0 fully saturated rings. The van der Waals surface area contributed by atoms with Gasteiger partial charge in [-0.25, -0.2) is 19.6 Å². The highest BCUT2D eigenvalue weighted by molar-refractivity contribution is 6.30. The number of aromatic nitrogens is 4. The fourth-order valence-corrected chi connectivity index (χ4v) is 3.42. The Morgan fingerprint density at radius 1 is 1.09 bits per heavy atom. The highest BCUT2D eigenvalue weighted by Crippen LogP contribution is 2.21. The summed E-state index contributed by atoms with van der Waals surface area (Å²) in [6, 6.07) is 16.0. The number of benzene rings is 1. The van der Waals surface area contributed by atoms with Crippen LogP contribution >= 0.6 is 11.6 Å². The van der Waals surface area contributed by atoms with Crippen LogP contribution in [0.15, 0.2) is 76.4 Å². The van der Waals surface area contributed by atoms with Crippen molar-refractivity contribution in [3.05, 3.63) is 104 Å². The second kappa shape index (κ2) is 10.2. The quantitative estimate of drug-likeness (QED) is 0.379. The lowest BCUT2D eigenvalue weighted by atomic mass is 10.2. The fourth-order valence-electron chi connectivity index (χ4n) is 3.29. The van der Waals surface area contributed by atoms with Crippen molar-refractivity contribution in [1.82, 2.24) is 19.1 Å². The molecule has 3 aromatic heterocycles. The van der Waals surface area contributed by atoms with Gasteiger partial charge in [0.05, 0.1) is 12.7 Å². The molecule has 35 heavy (non-hydrogen) atoms. The molecule has 0 amide bonds. The summed E-state index contributed by atoms with van der Waals surface area (Å²) in [6.07, 6.45) is 1.41. The van der Waals surface area contributed by atoms with E-state index in [4.69, 9.17) is 21.4 Å². The molecule has 1 aromatic carbocycles. The van der Waals surface area contributed by atoms with E-state index in [9.17, 15) is 14.4 Å². The molecule has 10 nitrogen and oxygen atoms in total. The number of carboxylic acid groups (broad SMARTS) is 1. The molecule has 0 saturated carbocycles. The van der Waals surface area contributed by atoms with E-state index in [1.54, 1.807) is 43.3 Å². The van der Waals surface area contributed by atoms with Crippen LogP contribution in [0.5, 0.6) is 11.6 Å². The molecule has 0 radical (unpaired) electrons.